The second-order valence-electron chi connectivity index (χ2n) is 3.41. The van der Waals surface area contributed by atoms with Crippen molar-refractivity contribution in [2.24, 2.45) is 0 Å². The molecule has 0 fully saturated rings. The first-order valence-electron chi connectivity index (χ1n) is 5.16. The first-order chi connectivity index (χ1) is 8.54. The number of carboxylic acid groups (broad SMARTS) is 1. The lowest BCUT2D eigenvalue weighted by Crippen LogP contribution is -2.41. The zero-order chi connectivity index (χ0) is 13.5. The lowest BCUT2D eigenvalue weighted by molar-refractivity contribution is -0.140. The number of aromatic nitrogens is 1. The summed E-state index contributed by atoms with van der Waals surface area (Å²) in [6.07, 6.45) is 1.60. The molecule has 0 saturated carbocycles. The van der Waals surface area contributed by atoms with Gasteiger partial charge in [-0.05, 0) is 12.1 Å². The number of carbonyl (C=O) groups is 2. The molecule has 0 spiro atoms. The Labute approximate surface area is 109 Å². The minimum Gasteiger partial charge on any atom is -0.494 e. The largest absolute Gasteiger partial charge is 0.494 e. The van der Waals surface area contributed by atoms with Crippen LogP contribution in [0.5, 0.6) is 5.75 Å². The number of ether oxygens (including phenoxy) is 1. The highest BCUT2D eigenvalue weighted by Gasteiger charge is 2.19. The summed E-state index contributed by atoms with van der Waals surface area (Å²) in [7, 11) is 1.52. The van der Waals surface area contributed by atoms with Crippen LogP contribution in [0.4, 0.5) is 0 Å². The molecule has 0 aromatic carbocycles. The quantitative estimate of drug-likeness (QED) is 0.742. The lowest BCUT2D eigenvalue weighted by atomic mass is 10.3. The third kappa shape index (κ3) is 4.25. The van der Waals surface area contributed by atoms with E-state index < -0.39 is 12.0 Å². The van der Waals surface area contributed by atoms with Crippen LogP contribution >= 0.6 is 11.8 Å². The summed E-state index contributed by atoms with van der Waals surface area (Å²) >= 11 is 1.22. The van der Waals surface area contributed by atoms with Gasteiger partial charge in [0.1, 0.15) is 11.1 Å². The van der Waals surface area contributed by atoms with Gasteiger partial charge in [-0.1, -0.05) is 11.8 Å². The fourth-order valence-corrected chi connectivity index (χ4v) is 2.20. The molecule has 7 heteroatoms. The molecule has 0 aliphatic heterocycles. The second kappa shape index (κ2) is 6.85. The molecule has 0 aliphatic carbocycles. The van der Waals surface area contributed by atoms with Crippen molar-refractivity contribution in [2.75, 3.05) is 12.9 Å². The SMILES string of the molecule is COc1cccnc1SC[C@H](NC(C)=O)C(=O)O. The molecular weight excluding hydrogens is 256 g/mol. The van der Waals surface area contributed by atoms with Crippen molar-refractivity contribution in [3.05, 3.63) is 18.3 Å². The summed E-state index contributed by atoms with van der Waals surface area (Å²) in [5.74, 6) is -0.694. The topological polar surface area (TPSA) is 88.5 Å². The van der Waals surface area contributed by atoms with Crippen molar-refractivity contribution in [3.8, 4) is 5.75 Å². The van der Waals surface area contributed by atoms with Gasteiger partial charge in [0.2, 0.25) is 5.91 Å². The Morgan fingerprint density at radius 1 is 1.61 bits per heavy atom. The molecule has 1 atom stereocenters. The number of pyridine rings is 1. The van der Waals surface area contributed by atoms with E-state index in [1.165, 1.54) is 25.8 Å². The predicted molar refractivity (Wildman–Crippen MR) is 66.8 cm³/mol. The highest BCUT2D eigenvalue weighted by atomic mass is 32.2. The van der Waals surface area contributed by atoms with E-state index in [1.54, 1.807) is 18.3 Å². The van der Waals surface area contributed by atoms with Gasteiger partial charge < -0.3 is 15.2 Å². The van der Waals surface area contributed by atoms with Gasteiger partial charge in [0, 0.05) is 18.9 Å². The monoisotopic (exact) mass is 270 g/mol. The zero-order valence-corrected chi connectivity index (χ0v) is 10.9. The Hall–Kier alpha value is -1.76. The molecule has 1 aromatic rings. The number of nitrogens with one attached hydrogen (secondary N) is 1. The number of rotatable bonds is 6. The highest BCUT2D eigenvalue weighted by molar-refractivity contribution is 7.99. The number of carboxylic acids is 1. The summed E-state index contributed by atoms with van der Waals surface area (Å²) in [4.78, 5) is 25.9. The summed E-state index contributed by atoms with van der Waals surface area (Å²) in [6.45, 7) is 1.28. The van der Waals surface area contributed by atoms with E-state index in [4.69, 9.17) is 9.84 Å². The number of methoxy groups -OCH3 is 1. The maximum atomic E-state index is 10.9. The Balaban J connectivity index is 2.66. The molecule has 0 saturated heterocycles. The third-order valence-corrected chi connectivity index (χ3v) is 3.10. The van der Waals surface area contributed by atoms with Crippen molar-refractivity contribution < 1.29 is 19.4 Å². The van der Waals surface area contributed by atoms with Gasteiger partial charge in [-0.15, -0.1) is 0 Å². The summed E-state index contributed by atoms with van der Waals surface area (Å²) in [5, 5.41) is 11.9. The lowest BCUT2D eigenvalue weighted by Gasteiger charge is -2.13. The number of amides is 1. The van der Waals surface area contributed by atoms with Gasteiger partial charge in [-0.2, -0.15) is 0 Å². The molecule has 1 amide bonds. The third-order valence-electron chi connectivity index (χ3n) is 2.02. The predicted octanol–water partition coefficient (Wildman–Crippen LogP) is 0.772. The van der Waals surface area contributed by atoms with Gasteiger partial charge in [0.15, 0.2) is 5.75 Å². The number of nitrogens with zero attached hydrogens (tertiary/aromatic N) is 1. The molecule has 6 nitrogen and oxygen atoms in total. The molecular formula is C11H14N2O4S. The Morgan fingerprint density at radius 2 is 2.33 bits per heavy atom. The first-order valence-corrected chi connectivity index (χ1v) is 6.15. The van der Waals surface area contributed by atoms with Gasteiger partial charge >= 0.3 is 5.97 Å². The van der Waals surface area contributed by atoms with E-state index in [-0.39, 0.29) is 11.7 Å². The van der Waals surface area contributed by atoms with Crippen LogP contribution in [0.25, 0.3) is 0 Å². The minimum atomic E-state index is -1.08. The van der Waals surface area contributed by atoms with Crippen molar-refractivity contribution in [3.63, 3.8) is 0 Å². The molecule has 98 valence electrons. The van der Waals surface area contributed by atoms with Crippen molar-refractivity contribution >= 4 is 23.6 Å². The Bertz CT molecular complexity index is 439. The van der Waals surface area contributed by atoms with Crippen LogP contribution in [0.2, 0.25) is 0 Å². The molecule has 0 radical (unpaired) electrons. The smallest absolute Gasteiger partial charge is 0.327 e. The van der Waals surface area contributed by atoms with Crippen LogP contribution in [-0.2, 0) is 9.59 Å². The fraction of sp³-hybridized carbons (Fsp3) is 0.364. The van der Waals surface area contributed by atoms with Crippen LogP contribution in [0, 0.1) is 0 Å². The van der Waals surface area contributed by atoms with Crippen LogP contribution in [0.1, 0.15) is 6.92 Å². The average Bonchev–Trinajstić information content (AvgIpc) is 2.34. The van der Waals surface area contributed by atoms with E-state index in [9.17, 15) is 9.59 Å². The maximum absolute atomic E-state index is 10.9. The second-order valence-corrected chi connectivity index (χ2v) is 4.42. The van der Waals surface area contributed by atoms with E-state index in [2.05, 4.69) is 10.3 Å². The number of aliphatic carboxylic acids is 1. The van der Waals surface area contributed by atoms with Crippen molar-refractivity contribution in [1.29, 1.82) is 0 Å². The van der Waals surface area contributed by atoms with Gasteiger partial charge in [0.05, 0.1) is 7.11 Å². The van der Waals surface area contributed by atoms with Crippen LogP contribution in [0.3, 0.4) is 0 Å². The van der Waals surface area contributed by atoms with Crippen molar-refractivity contribution in [2.45, 2.75) is 18.0 Å². The van der Waals surface area contributed by atoms with E-state index in [0.717, 1.165) is 0 Å². The van der Waals surface area contributed by atoms with Gasteiger partial charge in [-0.25, -0.2) is 9.78 Å². The number of carbonyl (C=O) groups excluding carboxylic acids is 1. The van der Waals surface area contributed by atoms with Gasteiger partial charge in [0.25, 0.3) is 0 Å². The van der Waals surface area contributed by atoms with Crippen LogP contribution in [0.15, 0.2) is 23.4 Å². The molecule has 0 unspecified atom stereocenters. The minimum absolute atomic E-state index is 0.183. The van der Waals surface area contributed by atoms with E-state index >= 15 is 0 Å². The van der Waals surface area contributed by atoms with Crippen LogP contribution < -0.4 is 10.1 Å². The first kappa shape index (κ1) is 14.3. The molecule has 2 N–H and O–H groups in total. The van der Waals surface area contributed by atoms with Crippen LogP contribution in [-0.4, -0.2) is 40.9 Å². The maximum Gasteiger partial charge on any atom is 0.327 e. The molecule has 18 heavy (non-hydrogen) atoms. The van der Waals surface area contributed by atoms with Gasteiger partial charge in [-0.3, -0.25) is 4.79 Å². The zero-order valence-electron chi connectivity index (χ0n) is 10.0. The molecule has 0 bridgehead atoms. The summed E-state index contributed by atoms with van der Waals surface area (Å²) in [6, 6.07) is 2.52. The highest BCUT2D eigenvalue weighted by Crippen LogP contribution is 2.26. The number of hydrogen-bond acceptors (Lipinski definition) is 5. The fourth-order valence-electron chi connectivity index (χ4n) is 1.22. The Kier molecular flexibility index (Phi) is 5.44. The molecule has 0 aliphatic rings. The standard InChI is InChI=1S/C11H14N2O4S/c1-7(14)13-8(11(15)16)6-18-10-9(17-2)4-3-5-12-10/h3-5,8H,6H2,1-2H3,(H,13,14)(H,15,16)/t8-/m0/s1. The molecule has 1 heterocycles. The number of hydrogen-bond donors (Lipinski definition) is 2. The van der Waals surface area contributed by atoms with E-state index in [1.807, 2.05) is 0 Å². The summed E-state index contributed by atoms with van der Waals surface area (Å²) < 4.78 is 5.10. The average molecular weight is 270 g/mol. The Morgan fingerprint density at radius 3 is 2.89 bits per heavy atom. The molecule has 1 aromatic heterocycles. The normalized spacial score (nSPS) is 11.7. The number of thioether (sulfide) groups is 1. The van der Waals surface area contributed by atoms with E-state index in [0.29, 0.717) is 10.8 Å². The summed E-state index contributed by atoms with van der Waals surface area (Å²) in [5.41, 5.74) is 0. The molecule has 1 rings (SSSR count). The van der Waals surface area contributed by atoms with Crippen molar-refractivity contribution in [1.82, 2.24) is 10.3 Å².